The van der Waals surface area contributed by atoms with Crippen molar-refractivity contribution in [2.24, 2.45) is 11.7 Å². The van der Waals surface area contributed by atoms with Gasteiger partial charge in [0.05, 0.1) is 17.6 Å². The van der Waals surface area contributed by atoms with E-state index in [1.165, 1.54) is 32.1 Å². The van der Waals surface area contributed by atoms with Crippen LogP contribution >= 0.6 is 0 Å². The number of rotatable bonds is 2. The Labute approximate surface area is 104 Å². The summed E-state index contributed by atoms with van der Waals surface area (Å²) >= 11 is 0. The molecule has 0 bridgehead atoms. The summed E-state index contributed by atoms with van der Waals surface area (Å²) in [5.41, 5.74) is 7.08. The van der Waals surface area contributed by atoms with Crippen molar-refractivity contribution in [2.75, 3.05) is 0 Å². The molecule has 0 saturated heterocycles. The van der Waals surface area contributed by atoms with Gasteiger partial charge in [0, 0.05) is 12.2 Å². The van der Waals surface area contributed by atoms with Crippen LogP contribution in [0.3, 0.4) is 0 Å². The van der Waals surface area contributed by atoms with Gasteiger partial charge in [0.1, 0.15) is 0 Å². The summed E-state index contributed by atoms with van der Waals surface area (Å²) in [5.74, 6) is 0.873. The Kier molecular flexibility index (Phi) is 3.57. The highest BCUT2D eigenvalue weighted by atomic mass is 15.1. The van der Waals surface area contributed by atoms with Gasteiger partial charge in [-0.3, -0.25) is 0 Å². The van der Waals surface area contributed by atoms with Crippen LogP contribution in [-0.4, -0.2) is 9.55 Å². The predicted octanol–water partition coefficient (Wildman–Crippen LogP) is 3.22. The van der Waals surface area contributed by atoms with Gasteiger partial charge in [-0.2, -0.15) is 0 Å². The first-order chi connectivity index (χ1) is 7.98. The normalized spacial score (nSPS) is 26.8. The van der Waals surface area contributed by atoms with E-state index in [1.54, 1.807) is 0 Å². The molecule has 0 amide bonds. The minimum Gasteiger partial charge on any atom is -0.330 e. The zero-order valence-corrected chi connectivity index (χ0v) is 11.3. The van der Waals surface area contributed by atoms with E-state index in [4.69, 9.17) is 5.73 Å². The molecule has 1 aromatic heterocycles. The quantitative estimate of drug-likeness (QED) is 0.800. The number of nitrogens with zero attached hydrogens (tertiary/aromatic N) is 2. The predicted molar refractivity (Wildman–Crippen MR) is 70.7 cm³/mol. The van der Waals surface area contributed by atoms with Crippen LogP contribution in [0.4, 0.5) is 0 Å². The molecule has 1 fully saturated rings. The van der Waals surface area contributed by atoms with Crippen molar-refractivity contribution < 1.29 is 0 Å². The second kappa shape index (κ2) is 4.81. The average molecular weight is 235 g/mol. The van der Waals surface area contributed by atoms with E-state index in [0.717, 1.165) is 11.6 Å². The minimum absolute atomic E-state index is 0.297. The fourth-order valence-corrected chi connectivity index (χ4v) is 2.84. The molecule has 2 atom stereocenters. The van der Waals surface area contributed by atoms with Crippen molar-refractivity contribution in [3.63, 3.8) is 0 Å². The third-order valence-corrected chi connectivity index (χ3v) is 3.95. The van der Waals surface area contributed by atoms with Crippen molar-refractivity contribution in [1.82, 2.24) is 9.55 Å². The van der Waals surface area contributed by atoms with Crippen LogP contribution in [0.15, 0.2) is 12.5 Å². The van der Waals surface area contributed by atoms with Crippen molar-refractivity contribution >= 4 is 0 Å². The summed E-state index contributed by atoms with van der Waals surface area (Å²) in [6.45, 7) is 6.48. The maximum Gasteiger partial charge on any atom is 0.0951 e. The Balaban J connectivity index is 2.19. The van der Waals surface area contributed by atoms with E-state index >= 15 is 0 Å². The van der Waals surface area contributed by atoms with Crippen LogP contribution < -0.4 is 5.73 Å². The van der Waals surface area contributed by atoms with Crippen molar-refractivity contribution in [3.8, 4) is 0 Å². The molecule has 1 heterocycles. The Hall–Kier alpha value is -0.830. The lowest BCUT2D eigenvalue weighted by molar-refractivity contribution is 0.391. The summed E-state index contributed by atoms with van der Waals surface area (Å²) in [5, 5.41) is 0. The first-order valence-corrected chi connectivity index (χ1v) is 6.79. The third kappa shape index (κ3) is 2.89. The SMILES string of the molecule is CC1CCCC(n2cncc2C(C)(C)N)CC1. The molecule has 0 spiro atoms. The van der Waals surface area contributed by atoms with Crippen molar-refractivity contribution in [1.29, 1.82) is 0 Å². The molecule has 0 aromatic carbocycles. The molecule has 0 aliphatic heterocycles. The second-order valence-corrected chi connectivity index (χ2v) is 6.18. The molecule has 2 unspecified atom stereocenters. The smallest absolute Gasteiger partial charge is 0.0951 e. The lowest BCUT2D eigenvalue weighted by Gasteiger charge is -2.26. The molecule has 2 rings (SSSR count). The maximum absolute atomic E-state index is 6.21. The molecule has 1 aromatic rings. The van der Waals surface area contributed by atoms with Crippen LogP contribution in [0.25, 0.3) is 0 Å². The number of hydrogen-bond acceptors (Lipinski definition) is 2. The Morgan fingerprint density at radius 3 is 2.76 bits per heavy atom. The lowest BCUT2D eigenvalue weighted by Crippen LogP contribution is -2.32. The Morgan fingerprint density at radius 1 is 1.29 bits per heavy atom. The van der Waals surface area contributed by atoms with Crippen LogP contribution in [0.1, 0.15) is 64.6 Å². The molecule has 3 heteroatoms. The fourth-order valence-electron chi connectivity index (χ4n) is 2.84. The van der Waals surface area contributed by atoms with E-state index in [1.807, 2.05) is 12.5 Å². The number of nitrogens with two attached hydrogens (primary N) is 1. The van der Waals surface area contributed by atoms with Gasteiger partial charge in [-0.05, 0) is 39.0 Å². The minimum atomic E-state index is -0.297. The maximum atomic E-state index is 6.21. The van der Waals surface area contributed by atoms with E-state index < -0.39 is 0 Å². The first kappa shape index (κ1) is 12.6. The molecule has 1 aliphatic carbocycles. The molecular weight excluding hydrogens is 210 g/mol. The molecule has 17 heavy (non-hydrogen) atoms. The molecule has 1 saturated carbocycles. The van der Waals surface area contributed by atoms with Gasteiger partial charge >= 0.3 is 0 Å². The lowest BCUT2D eigenvalue weighted by atomic mass is 10.0. The van der Waals surface area contributed by atoms with Gasteiger partial charge in [0.15, 0.2) is 0 Å². The number of imidazole rings is 1. The van der Waals surface area contributed by atoms with E-state index in [2.05, 4.69) is 30.3 Å². The largest absolute Gasteiger partial charge is 0.330 e. The summed E-state index contributed by atoms with van der Waals surface area (Å²) in [6.07, 6.45) is 10.4. The molecule has 3 nitrogen and oxygen atoms in total. The summed E-state index contributed by atoms with van der Waals surface area (Å²) in [4.78, 5) is 4.30. The number of hydrogen-bond donors (Lipinski definition) is 1. The summed E-state index contributed by atoms with van der Waals surface area (Å²) in [6, 6.07) is 0.597. The molecule has 0 radical (unpaired) electrons. The van der Waals surface area contributed by atoms with Crippen molar-refractivity contribution in [3.05, 3.63) is 18.2 Å². The van der Waals surface area contributed by atoms with E-state index in [-0.39, 0.29) is 5.54 Å². The topological polar surface area (TPSA) is 43.8 Å². The molecule has 2 N–H and O–H groups in total. The van der Waals surface area contributed by atoms with Gasteiger partial charge in [0.25, 0.3) is 0 Å². The van der Waals surface area contributed by atoms with Gasteiger partial charge < -0.3 is 10.3 Å². The van der Waals surface area contributed by atoms with Crippen LogP contribution in [-0.2, 0) is 5.54 Å². The van der Waals surface area contributed by atoms with Crippen LogP contribution in [0.5, 0.6) is 0 Å². The zero-order chi connectivity index (χ0) is 12.5. The van der Waals surface area contributed by atoms with Crippen LogP contribution in [0.2, 0.25) is 0 Å². The van der Waals surface area contributed by atoms with E-state index in [9.17, 15) is 0 Å². The second-order valence-electron chi connectivity index (χ2n) is 6.18. The molecule has 96 valence electrons. The monoisotopic (exact) mass is 235 g/mol. The zero-order valence-electron chi connectivity index (χ0n) is 11.3. The average Bonchev–Trinajstić information content (AvgIpc) is 2.63. The van der Waals surface area contributed by atoms with Gasteiger partial charge in [-0.1, -0.05) is 19.8 Å². The van der Waals surface area contributed by atoms with Crippen LogP contribution in [0, 0.1) is 5.92 Å². The summed E-state index contributed by atoms with van der Waals surface area (Å²) in [7, 11) is 0. The van der Waals surface area contributed by atoms with Gasteiger partial charge in [-0.15, -0.1) is 0 Å². The van der Waals surface area contributed by atoms with Gasteiger partial charge in [-0.25, -0.2) is 4.98 Å². The Morgan fingerprint density at radius 2 is 2.06 bits per heavy atom. The summed E-state index contributed by atoms with van der Waals surface area (Å²) < 4.78 is 2.32. The first-order valence-electron chi connectivity index (χ1n) is 6.79. The van der Waals surface area contributed by atoms with Crippen molar-refractivity contribution in [2.45, 2.75) is 64.5 Å². The molecule has 1 aliphatic rings. The van der Waals surface area contributed by atoms with Gasteiger partial charge in [0.2, 0.25) is 0 Å². The fraction of sp³-hybridized carbons (Fsp3) is 0.786. The highest BCUT2D eigenvalue weighted by Crippen LogP contribution is 2.32. The molecular formula is C14H25N3. The highest BCUT2D eigenvalue weighted by molar-refractivity contribution is 5.11. The standard InChI is InChI=1S/C14H25N3/c1-11-5-4-6-12(8-7-11)17-10-16-9-13(17)14(2,3)15/h9-12H,4-8,15H2,1-3H3. The van der Waals surface area contributed by atoms with E-state index in [0.29, 0.717) is 6.04 Å². The third-order valence-electron chi connectivity index (χ3n) is 3.95. The Bertz CT molecular complexity index is 362. The highest BCUT2D eigenvalue weighted by Gasteiger charge is 2.24. The number of aromatic nitrogens is 2.